The highest BCUT2D eigenvalue weighted by atomic mass is 16.6. The van der Waals surface area contributed by atoms with E-state index in [0.29, 0.717) is 6.54 Å². The van der Waals surface area contributed by atoms with E-state index < -0.39 is 0 Å². The summed E-state index contributed by atoms with van der Waals surface area (Å²) in [6, 6.07) is 23.7. The first-order valence-electron chi connectivity index (χ1n) is 10.0. The Labute approximate surface area is 179 Å². The number of nitro benzene ring substituents is 1. The highest BCUT2D eigenvalue weighted by Crippen LogP contribution is 2.24. The molecule has 0 fully saturated rings. The van der Waals surface area contributed by atoms with Crippen molar-refractivity contribution < 1.29 is 9.66 Å². The number of non-ortho nitro benzene ring substituents is 1. The number of fused-ring (bicyclic) bond motifs is 2. The van der Waals surface area contributed by atoms with E-state index in [0.717, 1.165) is 28.6 Å². The molecule has 5 aromatic rings. The smallest absolute Gasteiger partial charge is 0.270 e. The number of nitrogens with zero attached hydrogens (tertiary/aromatic N) is 3. The fraction of sp³-hybridized carbons (Fsp3) is 0.120. The Morgan fingerprint density at radius 2 is 1.32 bits per heavy atom. The number of methoxy groups -OCH3 is 1. The average Bonchev–Trinajstić information content (AvgIpc) is 3.38. The Morgan fingerprint density at radius 1 is 0.774 bits per heavy atom. The maximum atomic E-state index is 11.0. The van der Waals surface area contributed by atoms with Crippen LogP contribution in [-0.2, 0) is 13.1 Å². The van der Waals surface area contributed by atoms with Crippen molar-refractivity contribution in [1.29, 1.82) is 0 Å². The Hall–Kier alpha value is -4.06. The van der Waals surface area contributed by atoms with Gasteiger partial charge in [0.2, 0.25) is 0 Å². The molecule has 2 aromatic heterocycles. The Balaban J connectivity index is 1.34. The molecule has 154 valence electrons. The second-order valence-corrected chi connectivity index (χ2v) is 7.63. The van der Waals surface area contributed by atoms with Crippen LogP contribution in [0.2, 0.25) is 0 Å². The van der Waals surface area contributed by atoms with Crippen LogP contribution in [0.25, 0.3) is 21.8 Å². The normalized spacial score (nSPS) is 11.3. The minimum Gasteiger partial charge on any atom is -0.497 e. The van der Waals surface area contributed by atoms with Crippen molar-refractivity contribution >= 4 is 27.5 Å². The summed E-state index contributed by atoms with van der Waals surface area (Å²) < 4.78 is 9.65. The highest BCUT2D eigenvalue weighted by molar-refractivity contribution is 5.83. The van der Waals surface area contributed by atoms with Crippen LogP contribution in [0, 0.1) is 10.1 Å². The Morgan fingerprint density at radius 3 is 1.87 bits per heavy atom. The number of nitro groups is 1. The van der Waals surface area contributed by atoms with Gasteiger partial charge in [0.05, 0.1) is 12.0 Å². The lowest BCUT2D eigenvalue weighted by Gasteiger charge is -2.09. The molecule has 2 heterocycles. The molecule has 0 spiro atoms. The van der Waals surface area contributed by atoms with Crippen molar-refractivity contribution in [1.82, 2.24) is 9.13 Å². The molecule has 0 saturated carbocycles. The Bertz CT molecular complexity index is 1400. The third-order valence-electron chi connectivity index (χ3n) is 5.67. The molecule has 0 aliphatic heterocycles. The fourth-order valence-electron chi connectivity index (χ4n) is 4.03. The minimum atomic E-state index is -0.361. The average molecular weight is 411 g/mol. The molecule has 5 rings (SSSR count). The van der Waals surface area contributed by atoms with Crippen LogP contribution in [0.15, 0.2) is 85.2 Å². The maximum absolute atomic E-state index is 11.0. The van der Waals surface area contributed by atoms with E-state index in [1.807, 2.05) is 30.5 Å². The molecule has 0 radical (unpaired) electrons. The van der Waals surface area contributed by atoms with E-state index in [1.165, 1.54) is 16.6 Å². The van der Waals surface area contributed by atoms with Crippen molar-refractivity contribution in [2.45, 2.75) is 13.1 Å². The number of hydrogen-bond acceptors (Lipinski definition) is 3. The van der Waals surface area contributed by atoms with E-state index in [1.54, 1.807) is 19.2 Å². The second kappa shape index (κ2) is 7.65. The molecule has 0 bridgehead atoms. The van der Waals surface area contributed by atoms with Gasteiger partial charge in [-0.05, 0) is 47.5 Å². The molecule has 3 aromatic carbocycles. The quantitative estimate of drug-likeness (QED) is 0.269. The monoisotopic (exact) mass is 411 g/mol. The summed E-state index contributed by atoms with van der Waals surface area (Å²) in [4.78, 5) is 10.6. The van der Waals surface area contributed by atoms with Gasteiger partial charge in [0.1, 0.15) is 5.75 Å². The molecule has 0 saturated heterocycles. The van der Waals surface area contributed by atoms with Gasteiger partial charge in [0.25, 0.3) is 5.69 Å². The van der Waals surface area contributed by atoms with E-state index in [2.05, 4.69) is 51.7 Å². The largest absolute Gasteiger partial charge is 0.497 e. The zero-order valence-corrected chi connectivity index (χ0v) is 17.1. The summed E-state index contributed by atoms with van der Waals surface area (Å²) in [5, 5.41) is 13.0. The minimum absolute atomic E-state index is 0.116. The molecule has 0 unspecified atom stereocenters. The maximum Gasteiger partial charge on any atom is 0.270 e. The number of ether oxygens (including phenoxy) is 1. The first-order valence-corrected chi connectivity index (χ1v) is 10.0. The molecule has 6 nitrogen and oxygen atoms in total. The first-order chi connectivity index (χ1) is 15.1. The lowest BCUT2D eigenvalue weighted by Crippen LogP contribution is -2.00. The summed E-state index contributed by atoms with van der Waals surface area (Å²) in [6.07, 6.45) is 4.08. The van der Waals surface area contributed by atoms with Crippen LogP contribution in [0.5, 0.6) is 5.75 Å². The van der Waals surface area contributed by atoms with Gasteiger partial charge in [-0.2, -0.15) is 0 Å². The van der Waals surface area contributed by atoms with Gasteiger partial charge in [-0.25, -0.2) is 0 Å². The summed E-state index contributed by atoms with van der Waals surface area (Å²) in [7, 11) is 1.68. The van der Waals surface area contributed by atoms with E-state index in [-0.39, 0.29) is 10.6 Å². The van der Waals surface area contributed by atoms with E-state index >= 15 is 0 Å². The lowest BCUT2D eigenvalue weighted by atomic mass is 10.1. The summed E-state index contributed by atoms with van der Waals surface area (Å²) >= 11 is 0. The van der Waals surface area contributed by atoms with Crippen LogP contribution in [-0.4, -0.2) is 21.2 Å². The van der Waals surface area contributed by atoms with Crippen molar-refractivity contribution in [3.05, 3.63) is 106 Å². The summed E-state index contributed by atoms with van der Waals surface area (Å²) in [5.41, 5.74) is 4.69. The standard InChI is InChI=1S/C25H21N3O3/c1-31-23-7-9-25-21(15-23)11-13-27(25)17-19-4-2-18(3-5-19)16-26-12-10-20-14-22(28(29)30)6-8-24(20)26/h2-15H,16-17H2,1H3. The zero-order valence-electron chi connectivity index (χ0n) is 17.1. The third-order valence-corrected chi connectivity index (χ3v) is 5.67. The van der Waals surface area contributed by atoms with Crippen molar-refractivity contribution in [2.24, 2.45) is 0 Å². The number of hydrogen-bond donors (Lipinski definition) is 0. The predicted molar refractivity (Wildman–Crippen MR) is 122 cm³/mol. The van der Waals surface area contributed by atoms with Crippen LogP contribution in [0.1, 0.15) is 11.1 Å². The molecular formula is C25H21N3O3. The third kappa shape index (κ3) is 3.64. The number of aromatic nitrogens is 2. The molecule has 0 atom stereocenters. The van der Waals surface area contributed by atoms with Gasteiger partial charge >= 0.3 is 0 Å². The molecular weight excluding hydrogens is 390 g/mol. The van der Waals surface area contributed by atoms with Gasteiger partial charge in [0.15, 0.2) is 0 Å². The van der Waals surface area contributed by atoms with Gasteiger partial charge in [-0.1, -0.05) is 24.3 Å². The molecule has 0 amide bonds. The topological polar surface area (TPSA) is 62.2 Å². The predicted octanol–water partition coefficient (Wildman–Crippen LogP) is 5.61. The molecule has 0 aliphatic rings. The van der Waals surface area contributed by atoms with Crippen LogP contribution >= 0.6 is 0 Å². The van der Waals surface area contributed by atoms with Crippen molar-refractivity contribution in [3.63, 3.8) is 0 Å². The van der Waals surface area contributed by atoms with Crippen LogP contribution < -0.4 is 4.74 Å². The number of benzene rings is 3. The lowest BCUT2D eigenvalue weighted by molar-refractivity contribution is -0.384. The van der Waals surface area contributed by atoms with Crippen LogP contribution in [0.4, 0.5) is 5.69 Å². The number of rotatable bonds is 6. The fourth-order valence-corrected chi connectivity index (χ4v) is 4.03. The summed E-state index contributed by atoms with van der Waals surface area (Å²) in [5.74, 6) is 0.863. The molecule has 0 aliphatic carbocycles. The van der Waals surface area contributed by atoms with Crippen LogP contribution in [0.3, 0.4) is 0 Å². The first kappa shape index (κ1) is 18.9. The summed E-state index contributed by atoms with van der Waals surface area (Å²) in [6.45, 7) is 1.51. The highest BCUT2D eigenvalue weighted by Gasteiger charge is 2.09. The van der Waals surface area contributed by atoms with Crippen molar-refractivity contribution in [3.8, 4) is 5.75 Å². The molecule has 31 heavy (non-hydrogen) atoms. The van der Waals surface area contributed by atoms with E-state index in [4.69, 9.17) is 4.74 Å². The van der Waals surface area contributed by atoms with Gasteiger partial charge < -0.3 is 13.9 Å². The second-order valence-electron chi connectivity index (χ2n) is 7.63. The van der Waals surface area contributed by atoms with Crippen molar-refractivity contribution in [2.75, 3.05) is 7.11 Å². The molecule has 0 N–H and O–H groups in total. The molecule has 6 heteroatoms. The van der Waals surface area contributed by atoms with Gasteiger partial charge in [0, 0.05) is 59.4 Å². The van der Waals surface area contributed by atoms with Gasteiger partial charge in [-0.3, -0.25) is 10.1 Å². The van der Waals surface area contributed by atoms with Gasteiger partial charge in [-0.15, -0.1) is 0 Å². The zero-order chi connectivity index (χ0) is 21.4. The Kier molecular flexibility index (Phi) is 4.67. The SMILES string of the molecule is COc1ccc2c(ccn2Cc2ccc(Cn3ccc4cc([N+](=O)[O-])ccc43)cc2)c1. The van der Waals surface area contributed by atoms with E-state index in [9.17, 15) is 10.1 Å².